The third-order valence-electron chi connectivity index (χ3n) is 3.88. The summed E-state index contributed by atoms with van der Waals surface area (Å²) in [4.78, 5) is 19.7. The molecule has 2 aromatic rings. The van der Waals surface area contributed by atoms with E-state index < -0.39 is 0 Å². The van der Waals surface area contributed by atoms with Crippen molar-refractivity contribution >= 4 is 47.4 Å². The Labute approximate surface area is 142 Å². The Morgan fingerprint density at radius 2 is 2.14 bits per heavy atom. The molecule has 5 nitrogen and oxygen atoms in total. The molecular formula is C15H22Cl2N4O. The van der Waals surface area contributed by atoms with Crippen molar-refractivity contribution in [2.24, 2.45) is 0 Å². The molecule has 0 bridgehead atoms. The number of hydrogen-bond acceptors (Lipinski definition) is 3. The van der Waals surface area contributed by atoms with Crippen molar-refractivity contribution in [2.45, 2.75) is 31.6 Å². The number of nitrogens with one attached hydrogen (secondary N) is 3. The lowest BCUT2D eigenvalue weighted by molar-refractivity contribution is -0.116. The lowest BCUT2D eigenvalue weighted by atomic mass is 9.85. The summed E-state index contributed by atoms with van der Waals surface area (Å²) in [5, 5.41) is 5.87. The smallest absolute Gasteiger partial charge is 0.225 e. The van der Waals surface area contributed by atoms with Crippen LogP contribution in [0.1, 0.15) is 37.4 Å². The maximum Gasteiger partial charge on any atom is 0.225 e. The van der Waals surface area contributed by atoms with E-state index in [1.54, 1.807) is 0 Å². The number of aromatic amines is 1. The van der Waals surface area contributed by atoms with Gasteiger partial charge in [0.2, 0.25) is 5.91 Å². The zero-order valence-corrected chi connectivity index (χ0v) is 14.1. The van der Waals surface area contributed by atoms with Gasteiger partial charge >= 0.3 is 0 Å². The largest absolute Gasteiger partial charge is 0.342 e. The molecule has 7 heteroatoms. The molecule has 0 atom stereocenters. The van der Waals surface area contributed by atoms with Crippen molar-refractivity contribution in [3.63, 3.8) is 0 Å². The second-order valence-corrected chi connectivity index (χ2v) is 5.38. The quantitative estimate of drug-likeness (QED) is 0.779. The minimum Gasteiger partial charge on any atom is -0.342 e. The van der Waals surface area contributed by atoms with E-state index >= 15 is 0 Å². The third kappa shape index (κ3) is 4.12. The van der Waals surface area contributed by atoms with E-state index in [4.69, 9.17) is 0 Å². The highest BCUT2D eigenvalue weighted by molar-refractivity contribution is 5.93. The Bertz CT molecular complexity index is 625. The summed E-state index contributed by atoms with van der Waals surface area (Å²) in [6, 6.07) is 5.83. The molecule has 0 radical (unpaired) electrons. The van der Waals surface area contributed by atoms with Gasteiger partial charge in [-0.3, -0.25) is 4.79 Å². The van der Waals surface area contributed by atoms with Gasteiger partial charge in [-0.25, -0.2) is 4.98 Å². The van der Waals surface area contributed by atoms with E-state index in [1.165, 1.54) is 19.3 Å². The van der Waals surface area contributed by atoms with Crippen molar-refractivity contribution in [1.29, 1.82) is 0 Å². The molecule has 1 aromatic heterocycles. The Morgan fingerprint density at radius 3 is 2.77 bits per heavy atom. The molecule has 22 heavy (non-hydrogen) atoms. The molecule has 1 heterocycles. The van der Waals surface area contributed by atoms with Gasteiger partial charge in [-0.2, -0.15) is 0 Å². The maximum absolute atomic E-state index is 11.7. The summed E-state index contributed by atoms with van der Waals surface area (Å²) in [5.41, 5.74) is 2.79. The van der Waals surface area contributed by atoms with Crippen molar-refractivity contribution in [3.05, 3.63) is 24.0 Å². The number of amides is 1. The zero-order valence-electron chi connectivity index (χ0n) is 12.5. The third-order valence-corrected chi connectivity index (χ3v) is 3.88. The number of carbonyl (C=O) groups excluding carboxylic acids is 1. The Morgan fingerprint density at radius 1 is 1.36 bits per heavy atom. The number of aromatic nitrogens is 2. The second-order valence-electron chi connectivity index (χ2n) is 5.38. The predicted molar refractivity (Wildman–Crippen MR) is 94.4 cm³/mol. The summed E-state index contributed by atoms with van der Waals surface area (Å²) in [7, 11) is 1.84. The molecule has 0 unspecified atom stereocenters. The van der Waals surface area contributed by atoms with Crippen LogP contribution in [0.4, 0.5) is 5.69 Å². The molecule has 1 saturated carbocycles. The number of nitrogens with zero attached hydrogens (tertiary/aromatic N) is 1. The van der Waals surface area contributed by atoms with Crippen LogP contribution in [-0.2, 0) is 4.79 Å². The van der Waals surface area contributed by atoms with Gasteiger partial charge in [-0.05, 0) is 38.1 Å². The summed E-state index contributed by atoms with van der Waals surface area (Å²) >= 11 is 0. The second kappa shape index (κ2) is 8.36. The lowest BCUT2D eigenvalue weighted by Gasteiger charge is -2.22. The number of halogens is 2. The van der Waals surface area contributed by atoms with Gasteiger partial charge in [0.05, 0.1) is 11.0 Å². The monoisotopic (exact) mass is 344 g/mol. The van der Waals surface area contributed by atoms with Gasteiger partial charge < -0.3 is 15.6 Å². The average molecular weight is 345 g/mol. The Hall–Kier alpha value is -1.30. The summed E-state index contributed by atoms with van der Waals surface area (Å²) in [6.45, 7) is 0.684. The SMILES string of the molecule is CNCCC(=O)Nc1ccc2nc(C3CCC3)[nH]c2c1.Cl.Cl. The molecule has 0 saturated heterocycles. The summed E-state index contributed by atoms with van der Waals surface area (Å²) in [6.07, 6.45) is 4.24. The molecule has 1 aliphatic carbocycles. The number of H-pyrrole nitrogens is 1. The molecule has 3 N–H and O–H groups in total. The fourth-order valence-electron chi connectivity index (χ4n) is 2.44. The average Bonchev–Trinajstić information content (AvgIpc) is 2.76. The first-order valence-corrected chi connectivity index (χ1v) is 7.20. The van der Waals surface area contributed by atoms with Gasteiger partial charge in [-0.1, -0.05) is 6.42 Å². The summed E-state index contributed by atoms with van der Waals surface area (Å²) < 4.78 is 0. The van der Waals surface area contributed by atoms with Gasteiger partial charge in [0.1, 0.15) is 5.82 Å². The number of imidazole rings is 1. The van der Waals surface area contributed by atoms with E-state index in [0.717, 1.165) is 22.5 Å². The topological polar surface area (TPSA) is 69.8 Å². The minimum absolute atomic E-state index is 0. The molecule has 1 aliphatic rings. The fourth-order valence-corrected chi connectivity index (χ4v) is 2.44. The van der Waals surface area contributed by atoms with Crippen LogP contribution in [0.5, 0.6) is 0 Å². The highest BCUT2D eigenvalue weighted by Gasteiger charge is 2.22. The number of hydrogen-bond donors (Lipinski definition) is 3. The number of benzene rings is 1. The Kier molecular flexibility index (Phi) is 7.13. The van der Waals surface area contributed by atoms with Gasteiger partial charge in [-0.15, -0.1) is 24.8 Å². The van der Waals surface area contributed by atoms with Crippen molar-refractivity contribution in [1.82, 2.24) is 15.3 Å². The highest BCUT2D eigenvalue weighted by Crippen LogP contribution is 2.35. The van der Waals surface area contributed by atoms with E-state index in [2.05, 4.69) is 20.6 Å². The molecule has 0 aliphatic heterocycles. The first-order chi connectivity index (χ1) is 9.76. The molecule has 3 rings (SSSR count). The number of rotatable bonds is 5. The zero-order chi connectivity index (χ0) is 13.9. The van der Waals surface area contributed by atoms with Crippen LogP contribution < -0.4 is 10.6 Å². The molecule has 0 spiro atoms. The van der Waals surface area contributed by atoms with Crippen molar-refractivity contribution in [3.8, 4) is 0 Å². The number of anilines is 1. The maximum atomic E-state index is 11.7. The number of fused-ring (bicyclic) bond motifs is 1. The van der Waals surface area contributed by atoms with E-state index in [0.29, 0.717) is 18.9 Å². The van der Waals surface area contributed by atoms with Gasteiger partial charge in [0.25, 0.3) is 0 Å². The van der Waals surface area contributed by atoms with E-state index in [1.807, 2.05) is 25.2 Å². The van der Waals surface area contributed by atoms with Crippen molar-refractivity contribution < 1.29 is 4.79 Å². The van der Waals surface area contributed by atoms with Crippen LogP contribution in [0.2, 0.25) is 0 Å². The minimum atomic E-state index is 0. The lowest BCUT2D eigenvalue weighted by Crippen LogP contribution is -2.18. The van der Waals surface area contributed by atoms with Crippen LogP contribution in [0.3, 0.4) is 0 Å². The standard InChI is InChI=1S/C15H20N4O.2ClH/c1-16-8-7-14(20)17-11-5-6-12-13(9-11)19-15(18-12)10-3-2-4-10;;/h5-6,9-10,16H,2-4,7-8H2,1H3,(H,17,20)(H,18,19);2*1H. The van der Waals surface area contributed by atoms with E-state index in [-0.39, 0.29) is 30.7 Å². The van der Waals surface area contributed by atoms with Crippen LogP contribution in [0.25, 0.3) is 11.0 Å². The predicted octanol–water partition coefficient (Wildman–Crippen LogP) is 3.22. The van der Waals surface area contributed by atoms with Gasteiger partial charge in [0.15, 0.2) is 0 Å². The van der Waals surface area contributed by atoms with Crippen LogP contribution in [-0.4, -0.2) is 29.5 Å². The fraction of sp³-hybridized carbons (Fsp3) is 0.467. The van der Waals surface area contributed by atoms with E-state index in [9.17, 15) is 4.79 Å². The highest BCUT2D eigenvalue weighted by atomic mass is 35.5. The summed E-state index contributed by atoms with van der Waals surface area (Å²) in [5.74, 6) is 1.71. The van der Waals surface area contributed by atoms with Crippen LogP contribution >= 0.6 is 24.8 Å². The molecule has 1 amide bonds. The first kappa shape index (κ1) is 18.7. The van der Waals surface area contributed by atoms with Gasteiger partial charge in [0, 0.05) is 24.6 Å². The number of carbonyl (C=O) groups is 1. The van der Waals surface area contributed by atoms with Crippen LogP contribution in [0.15, 0.2) is 18.2 Å². The molecule has 1 fully saturated rings. The molecule has 122 valence electrons. The molecule has 1 aromatic carbocycles. The molecular weight excluding hydrogens is 323 g/mol. The normalized spacial score (nSPS) is 13.9. The van der Waals surface area contributed by atoms with Crippen LogP contribution in [0, 0.1) is 0 Å². The van der Waals surface area contributed by atoms with Crippen molar-refractivity contribution in [2.75, 3.05) is 18.9 Å². The Balaban J connectivity index is 0.00000121. The first-order valence-electron chi connectivity index (χ1n) is 7.20.